The Kier molecular flexibility index (Phi) is 3.76. The van der Waals surface area contributed by atoms with Gasteiger partial charge in [0.15, 0.2) is 12.4 Å². The van der Waals surface area contributed by atoms with Gasteiger partial charge in [0, 0.05) is 4.88 Å². The van der Waals surface area contributed by atoms with Crippen molar-refractivity contribution in [1.82, 2.24) is 19.9 Å². The molecule has 120 valence electrons. The van der Waals surface area contributed by atoms with Crippen LogP contribution in [0.15, 0.2) is 23.3 Å². The quantitative estimate of drug-likeness (QED) is 0.791. The molecule has 0 radical (unpaired) electrons. The van der Waals surface area contributed by atoms with E-state index in [0.29, 0.717) is 10.2 Å². The second kappa shape index (κ2) is 5.61. The molecular formula is C13H9F3N4O2S. The fourth-order valence-electron chi connectivity index (χ4n) is 1.84. The maximum atomic E-state index is 12.1. The van der Waals surface area contributed by atoms with Gasteiger partial charge in [-0.2, -0.15) is 13.2 Å². The van der Waals surface area contributed by atoms with Crippen LogP contribution in [0.3, 0.4) is 0 Å². The van der Waals surface area contributed by atoms with Crippen molar-refractivity contribution in [3.63, 3.8) is 0 Å². The SMILES string of the molecule is Cc1cc2c(=O)[nH]c(-c3cnc(OCC(F)(F)F)cn3)nc2s1. The summed E-state index contributed by atoms with van der Waals surface area (Å²) >= 11 is 1.36. The van der Waals surface area contributed by atoms with Gasteiger partial charge >= 0.3 is 6.18 Å². The molecule has 0 aliphatic heterocycles. The molecular weight excluding hydrogens is 333 g/mol. The maximum Gasteiger partial charge on any atom is 0.422 e. The molecule has 0 unspecified atom stereocenters. The number of fused-ring (bicyclic) bond motifs is 1. The van der Waals surface area contributed by atoms with E-state index in [4.69, 9.17) is 0 Å². The zero-order valence-corrected chi connectivity index (χ0v) is 12.5. The van der Waals surface area contributed by atoms with E-state index in [1.807, 2.05) is 6.92 Å². The summed E-state index contributed by atoms with van der Waals surface area (Å²) in [4.78, 5) is 28.0. The third-order valence-corrected chi connectivity index (χ3v) is 3.72. The normalized spacial score (nSPS) is 11.8. The molecule has 0 amide bonds. The molecule has 0 saturated heterocycles. The molecule has 0 saturated carbocycles. The first-order chi connectivity index (χ1) is 10.8. The van der Waals surface area contributed by atoms with E-state index >= 15 is 0 Å². The van der Waals surface area contributed by atoms with Crippen molar-refractivity contribution in [2.24, 2.45) is 0 Å². The third kappa shape index (κ3) is 3.47. The molecule has 0 bridgehead atoms. The number of hydrogen-bond donors (Lipinski definition) is 1. The molecule has 1 N–H and O–H groups in total. The fraction of sp³-hybridized carbons (Fsp3) is 0.231. The van der Waals surface area contributed by atoms with Gasteiger partial charge in [0.25, 0.3) is 5.56 Å². The molecule has 0 atom stereocenters. The van der Waals surface area contributed by atoms with Gasteiger partial charge in [-0.25, -0.2) is 15.0 Å². The number of alkyl halides is 3. The highest BCUT2D eigenvalue weighted by Crippen LogP contribution is 2.22. The monoisotopic (exact) mass is 342 g/mol. The van der Waals surface area contributed by atoms with Crippen LogP contribution in [0.2, 0.25) is 0 Å². The summed E-state index contributed by atoms with van der Waals surface area (Å²) in [6.45, 7) is 0.411. The minimum Gasteiger partial charge on any atom is -0.467 e. The first-order valence-electron chi connectivity index (χ1n) is 6.34. The largest absolute Gasteiger partial charge is 0.467 e. The average molecular weight is 342 g/mol. The maximum absolute atomic E-state index is 12.1. The van der Waals surface area contributed by atoms with Gasteiger partial charge in [-0.1, -0.05) is 0 Å². The Hall–Kier alpha value is -2.49. The Morgan fingerprint density at radius 2 is 2.09 bits per heavy atom. The summed E-state index contributed by atoms with van der Waals surface area (Å²) in [5, 5.41) is 0.481. The van der Waals surface area contributed by atoms with Crippen LogP contribution in [0, 0.1) is 6.92 Å². The molecule has 6 nitrogen and oxygen atoms in total. The van der Waals surface area contributed by atoms with Crippen LogP contribution in [0.1, 0.15) is 4.88 Å². The van der Waals surface area contributed by atoms with E-state index in [2.05, 4.69) is 24.7 Å². The minimum absolute atomic E-state index is 0.194. The van der Waals surface area contributed by atoms with Gasteiger partial charge in [-0.3, -0.25) is 4.79 Å². The van der Waals surface area contributed by atoms with Crippen LogP contribution in [-0.4, -0.2) is 32.7 Å². The van der Waals surface area contributed by atoms with Gasteiger partial charge < -0.3 is 9.72 Å². The van der Waals surface area contributed by atoms with Crippen molar-refractivity contribution in [2.75, 3.05) is 6.61 Å². The lowest BCUT2D eigenvalue weighted by atomic mass is 10.3. The minimum atomic E-state index is -4.45. The summed E-state index contributed by atoms with van der Waals surface area (Å²) in [6.07, 6.45) is -2.21. The number of hydrogen-bond acceptors (Lipinski definition) is 6. The summed E-state index contributed by atoms with van der Waals surface area (Å²) in [5.74, 6) is -0.0688. The van der Waals surface area contributed by atoms with E-state index in [1.165, 1.54) is 17.5 Å². The number of nitrogens with one attached hydrogen (secondary N) is 1. The Balaban J connectivity index is 1.88. The molecule has 10 heteroatoms. The van der Waals surface area contributed by atoms with Gasteiger partial charge in [0.1, 0.15) is 10.5 Å². The van der Waals surface area contributed by atoms with Gasteiger partial charge in [-0.15, -0.1) is 11.3 Å². The van der Waals surface area contributed by atoms with E-state index in [9.17, 15) is 18.0 Å². The Bertz CT molecular complexity index is 902. The second-order valence-corrected chi connectivity index (χ2v) is 5.87. The number of nitrogens with zero attached hydrogens (tertiary/aromatic N) is 3. The number of aromatic amines is 1. The number of thiophene rings is 1. The van der Waals surface area contributed by atoms with Crippen LogP contribution < -0.4 is 10.3 Å². The molecule has 0 aromatic carbocycles. The summed E-state index contributed by atoms with van der Waals surface area (Å²) in [7, 11) is 0. The van der Waals surface area contributed by atoms with Crippen molar-refractivity contribution in [2.45, 2.75) is 13.1 Å². The predicted molar refractivity (Wildman–Crippen MR) is 77.6 cm³/mol. The van der Waals surface area contributed by atoms with Crippen molar-refractivity contribution < 1.29 is 17.9 Å². The standard InChI is InChI=1S/C13H9F3N4O2S/c1-6-2-7-11(21)19-10(20-12(7)23-6)8-3-18-9(4-17-8)22-5-13(14,15)16/h2-4H,5H2,1H3,(H,19,20,21). The molecule has 0 aliphatic rings. The van der Waals surface area contributed by atoms with Gasteiger partial charge in [0.05, 0.1) is 17.8 Å². The van der Waals surface area contributed by atoms with Gasteiger partial charge in [-0.05, 0) is 13.0 Å². The highest BCUT2D eigenvalue weighted by atomic mass is 32.1. The zero-order valence-electron chi connectivity index (χ0n) is 11.6. The first-order valence-corrected chi connectivity index (χ1v) is 7.16. The number of aromatic nitrogens is 4. The van der Waals surface area contributed by atoms with Crippen LogP contribution in [-0.2, 0) is 0 Å². The topological polar surface area (TPSA) is 80.8 Å². The molecule has 0 spiro atoms. The van der Waals surface area contributed by atoms with Crippen LogP contribution in [0.25, 0.3) is 21.7 Å². The highest BCUT2D eigenvalue weighted by molar-refractivity contribution is 7.18. The van der Waals surface area contributed by atoms with Crippen LogP contribution >= 0.6 is 11.3 Å². The van der Waals surface area contributed by atoms with Crippen LogP contribution in [0.4, 0.5) is 13.2 Å². The summed E-state index contributed by atoms with van der Waals surface area (Å²) in [6, 6.07) is 1.73. The smallest absolute Gasteiger partial charge is 0.422 e. The number of ether oxygens (including phenoxy) is 1. The number of H-pyrrole nitrogens is 1. The number of rotatable bonds is 3. The Morgan fingerprint density at radius 3 is 2.74 bits per heavy atom. The lowest BCUT2D eigenvalue weighted by molar-refractivity contribution is -0.154. The Labute approximate surface area is 131 Å². The Morgan fingerprint density at radius 1 is 1.30 bits per heavy atom. The molecule has 3 rings (SSSR count). The zero-order chi connectivity index (χ0) is 16.6. The number of halogens is 3. The van der Waals surface area contributed by atoms with E-state index in [1.54, 1.807) is 6.07 Å². The number of aryl methyl sites for hydroxylation is 1. The van der Waals surface area contributed by atoms with E-state index in [-0.39, 0.29) is 23.0 Å². The van der Waals surface area contributed by atoms with Crippen molar-refractivity contribution in [3.8, 4) is 17.4 Å². The highest BCUT2D eigenvalue weighted by Gasteiger charge is 2.28. The molecule has 0 aliphatic carbocycles. The van der Waals surface area contributed by atoms with E-state index < -0.39 is 12.8 Å². The summed E-state index contributed by atoms with van der Waals surface area (Å²) < 4.78 is 40.6. The van der Waals surface area contributed by atoms with Crippen molar-refractivity contribution in [3.05, 3.63) is 33.7 Å². The van der Waals surface area contributed by atoms with Crippen LogP contribution in [0.5, 0.6) is 5.88 Å². The first kappa shape index (κ1) is 15.4. The van der Waals surface area contributed by atoms with Crippen molar-refractivity contribution >= 4 is 21.6 Å². The molecule has 3 aromatic rings. The third-order valence-electron chi connectivity index (χ3n) is 2.78. The van der Waals surface area contributed by atoms with Crippen molar-refractivity contribution in [1.29, 1.82) is 0 Å². The molecule has 3 aromatic heterocycles. The van der Waals surface area contributed by atoms with E-state index in [0.717, 1.165) is 11.1 Å². The van der Waals surface area contributed by atoms with Gasteiger partial charge in [0.2, 0.25) is 5.88 Å². The fourth-order valence-corrected chi connectivity index (χ4v) is 2.72. The lowest BCUT2D eigenvalue weighted by Crippen LogP contribution is -2.19. The predicted octanol–water partition coefficient (Wildman–Crippen LogP) is 2.69. The lowest BCUT2D eigenvalue weighted by Gasteiger charge is -2.08. The second-order valence-electron chi connectivity index (χ2n) is 4.63. The molecule has 23 heavy (non-hydrogen) atoms. The average Bonchev–Trinajstić information content (AvgIpc) is 2.86. The summed E-state index contributed by atoms with van der Waals surface area (Å²) in [5.41, 5.74) is -0.0806. The molecule has 3 heterocycles. The molecule has 0 fully saturated rings.